The van der Waals surface area contributed by atoms with Crippen LogP contribution in [0.3, 0.4) is 0 Å². The molecule has 0 aliphatic rings. The second-order valence-corrected chi connectivity index (χ2v) is 6.91. The van der Waals surface area contributed by atoms with Crippen LogP contribution in [-0.4, -0.2) is 65.6 Å². The first-order chi connectivity index (χ1) is 14.3. The Hall–Kier alpha value is -1.04. The summed E-state index contributed by atoms with van der Waals surface area (Å²) in [5, 5.41) is 0. The highest BCUT2D eigenvalue weighted by Crippen LogP contribution is 2.66. The van der Waals surface area contributed by atoms with Crippen LogP contribution in [0.2, 0.25) is 0 Å². The smallest absolute Gasteiger partial charge is 0.200 e. The zero-order valence-corrected chi connectivity index (χ0v) is 16.1. The van der Waals surface area contributed by atoms with Crippen molar-refractivity contribution in [1.82, 2.24) is 0 Å². The van der Waals surface area contributed by atoms with E-state index in [2.05, 4.69) is 0 Å². The highest BCUT2D eigenvalue weighted by atomic mass is 31.0. The molecule has 0 nitrogen and oxygen atoms in total. The van der Waals surface area contributed by atoms with Crippen LogP contribution in [0.1, 0.15) is 6.42 Å². The highest BCUT2D eigenvalue weighted by molar-refractivity contribution is 7.16. The molecule has 0 aliphatic heterocycles. The van der Waals surface area contributed by atoms with E-state index in [0.717, 1.165) is 9.24 Å². The first-order valence-electron chi connectivity index (χ1n) is 7.48. The monoisotopic (exact) mass is 580 g/mol. The van der Waals surface area contributed by atoms with Crippen LogP contribution in [-0.2, 0) is 0 Å². The molecule has 34 heavy (non-hydrogen) atoms. The lowest BCUT2D eigenvalue weighted by Gasteiger charge is -2.44. The zero-order chi connectivity index (χ0) is 28.4. The molecule has 0 bridgehead atoms. The number of rotatable bonds is 10. The molecule has 1 unspecified atom stereocenters. The van der Waals surface area contributed by atoms with Crippen LogP contribution in [0, 0.1) is 0 Å². The van der Waals surface area contributed by atoms with Gasteiger partial charge in [0.05, 0.1) is 0 Å². The third kappa shape index (κ3) is 3.94. The largest absolute Gasteiger partial charge is 0.460 e. The van der Waals surface area contributed by atoms with E-state index in [1.807, 2.05) is 0 Å². The fourth-order valence-corrected chi connectivity index (χ4v) is 2.29. The van der Waals surface area contributed by atoms with E-state index < -0.39 is 72.1 Å². The first kappa shape index (κ1) is 33.0. The van der Waals surface area contributed by atoms with Gasteiger partial charge in [0.15, 0.2) is 0 Å². The molecule has 0 radical (unpaired) electrons. The zero-order valence-electron chi connectivity index (χ0n) is 14.9. The molecule has 206 valence electrons. The van der Waals surface area contributed by atoms with Crippen molar-refractivity contribution in [2.75, 3.05) is 6.16 Å². The van der Waals surface area contributed by atoms with Crippen LogP contribution < -0.4 is 0 Å². The second kappa shape index (κ2) is 8.24. The molecule has 0 heterocycles. The lowest BCUT2D eigenvalue weighted by atomic mass is 9.86. The van der Waals surface area contributed by atoms with Gasteiger partial charge in [-0.1, -0.05) is 0 Å². The average molecular weight is 580 g/mol. The Labute approximate surface area is 175 Å². The van der Waals surface area contributed by atoms with Gasteiger partial charge in [-0.25, -0.2) is 0 Å². The molecule has 0 fully saturated rings. The van der Waals surface area contributed by atoms with Gasteiger partial charge >= 0.3 is 59.5 Å². The summed E-state index contributed by atoms with van der Waals surface area (Å²) in [6, 6.07) is 0. The third-order valence-corrected chi connectivity index (χ3v) is 4.32. The minimum atomic E-state index is -9.13. The van der Waals surface area contributed by atoms with Crippen molar-refractivity contribution in [2.45, 2.75) is 65.9 Å². The number of hydrogen-bond acceptors (Lipinski definition) is 0. The van der Waals surface area contributed by atoms with Crippen LogP contribution >= 0.6 is 9.24 Å². The SMILES string of the molecule is FC(F)(F)C(F)(F)C(F)(F)C(F)(F)C(F)(F)C(F)(F)C(F)(F)C(F)(F)C(F)(F)C(F)(F)CCP. The van der Waals surface area contributed by atoms with Gasteiger partial charge in [-0.05, 0) is 6.16 Å². The molecule has 22 heteroatoms. The molecular formula is C12H6F21P. The maximum Gasteiger partial charge on any atom is 0.460 e. The van der Waals surface area contributed by atoms with Gasteiger partial charge in [-0.2, -0.15) is 92.2 Å². The Kier molecular flexibility index (Phi) is 7.99. The molecule has 0 amide bonds. The summed E-state index contributed by atoms with van der Waals surface area (Å²) >= 11 is 0. The predicted octanol–water partition coefficient (Wildman–Crippen LogP) is 7.53. The van der Waals surface area contributed by atoms with Crippen molar-refractivity contribution in [1.29, 1.82) is 0 Å². The van der Waals surface area contributed by atoms with Crippen LogP contribution in [0.15, 0.2) is 0 Å². The molecular weight excluding hydrogens is 574 g/mol. The molecule has 0 N–H and O–H groups in total. The predicted molar refractivity (Wildman–Crippen MR) is 69.8 cm³/mol. The second-order valence-electron chi connectivity index (χ2n) is 6.34. The van der Waals surface area contributed by atoms with Gasteiger partial charge in [-0.15, -0.1) is 9.24 Å². The number of alkyl halides is 21. The molecule has 0 rings (SSSR count). The van der Waals surface area contributed by atoms with Crippen molar-refractivity contribution < 1.29 is 92.2 Å². The van der Waals surface area contributed by atoms with E-state index in [0.29, 0.717) is 0 Å². The Balaban J connectivity index is 7.01. The summed E-state index contributed by atoms with van der Waals surface area (Å²) in [6.07, 6.45) is -12.0. The van der Waals surface area contributed by atoms with Gasteiger partial charge < -0.3 is 0 Å². The Morgan fingerprint density at radius 1 is 0.324 bits per heavy atom. The van der Waals surface area contributed by atoms with Crippen molar-refractivity contribution in [3.05, 3.63) is 0 Å². The van der Waals surface area contributed by atoms with E-state index in [4.69, 9.17) is 0 Å². The Morgan fingerprint density at radius 2 is 0.529 bits per heavy atom. The van der Waals surface area contributed by atoms with E-state index in [9.17, 15) is 92.2 Å². The molecule has 0 saturated heterocycles. The summed E-state index contributed by atoms with van der Waals surface area (Å²) in [5.74, 6) is -76.2. The molecule has 0 spiro atoms. The lowest BCUT2D eigenvalue weighted by molar-refractivity contribution is -0.474. The van der Waals surface area contributed by atoms with Gasteiger partial charge in [-0.3, -0.25) is 0 Å². The standard InChI is InChI=1S/C12H6F21P/c13-3(14,1-2-34)4(15,16)5(17,18)6(19,20)7(21,22)8(23,24)9(25,26)10(27,28)11(29,30)12(31,32)33/h1-2,34H2. The van der Waals surface area contributed by atoms with E-state index in [1.54, 1.807) is 0 Å². The van der Waals surface area contributed by atoms with E-state index in [1.165, 1.54) is 0 Å². The van der Waals surface area contributed by atoms with Gasteiger partial charge in [0, 0.05) is 6.42 Å². The van der Waals surface area contributed by atoms with E-state index in [-0.39, 0.29) is 0 Å². The number of halogens is 21. The van der Waals surface area contributed by atoms with Crippen molar-refractivity contribution in [2.24, 2.45) is 0 Å². The minimum absolute atomic E-state index is 1.11. The quantitative estimate of drug-likeness (QED) is 0.185. The normalized spacial score (nSPS) is 16.8. The molecule has 1 atom stereocenters. The molecule has 0 aromatic carbocycles. The molecule has 0 aliphatic carbocycles. The van der Waals surface area contributed by atoms with Gasteiger partial charge in [0.25, 0.3) is 0 Å². The summed E-state index contributed by atoms with van der Waals surface area (Å²) in [4.78, 5) is 0. The molecule has 0 saturated carbocycles. The van der Waals surface area contributed by atoms with Crippen molar-refractivity contribution >= 4 is 9.24 Å². The summed E-state index contributed by atoms with van der Waals surface area (Å²) in [7, 11) is 1.11. The third-order valence-electron chi connectivity index (χ3n) is 4.03. The van der Waals surface area contributed by atoms with Crippen molar-refractivity contribution in [3.63, 3.8) is 0 Å². The fraction of sp³-hybridized carbons (Fsp3) is 1.00. The highest BCUT2D eigenvalue weighted by Gasteiger charge is 2.97. The molecule has 0 aromatic rings. The maximum absolute atomic E-state index is 13.4. The minimum Gasteiger partial charge on any atom is -0.200 e. The van der Waals surface area contributed by atoms with Gasteiger partial charge in [0.1, 0.15) is 0 Å². The first-order valence-corrected chi connectivity index (χ1v) is 8.30. The van der Waals surface area contributed by atoms with Crippen LogP contribution in [0.5, 0.6) is 0 Å². The van der Waals surface area contributed by atoms with Gasteiger partial charge in [0.2, 0.25) is 0 Å². The average Bonchev–Trinajstić information content (AvgIpc) is 2.59. The maximum atomic E-state index is 13.4. The Bertz CT molecular complexity index is 731. The number of hydrogen-bond donors (Lipinski definition) is 0. The Morgan fingerprint density at radius 3 is 0.735 bits per heavy atom. The summed E-state index contributed by atoms with van der Waals surface area (Å²) < 4.78 is 273. The van der Waals surface area contributed by atoms with Crippen LogP contribution in [0.4, 0.5) is 92.2 Å². The molecule has 0 aromatic heterocycles. The summed E-state index contributed by atoms with van der Waals surface area (Å²) in [5.41, 5.74) is 0. The summed E-state index contributed by atoms with van der Waals surface area (Å²) in [6.45, 7) is 0. The fourth-order valence-electron chi connectivity index (χ4n) is 1.93. The topological polar surface area (TPSA) is 0 Å². The van der Waals surface area contributed by atoms with Crippen LogP contribution in [0.25, 0.3) is 0 Å². The van der Waals surface area contributed by atoms with Crippen molar-refractivity contribution in [3.8, 4) is 0 Å². The van der Waals surface area contributed by atoms with E-state index >= 15 is 0 Å². The lowest BCUT2D eigenvalue weighted by Crippen LogP contribution is -2.76.